The molecule has 0 unspecified atom stereocenters. The molecule has 0 radical (unpaired) electrons. The van der Waals surface area contributed by atoms with Crippen LogP contribution in [0, 0.1) is 0 Å². The van der Waals surface area contributed by atoms with Crippen molar-refractivity contribution in [1.29, 1.82) is 0 Å². The maximum atomic E-state index is 13.7. The van der Waals surface area contributed by atoms with Crippen LogP contribution in [0.25, 0.3) is 5.69 Å². The molecule has 0 saturated heterocycles. The summed E-state index contributed by atoms with van der Waals surface area (Å²) in [7, 11) is 0. The van der Waals surface area contributed by atoms with E-state index in [1.165, 1.54) is 10.1 Å². The third-order valence-corrected chi connectivity index (χ3v) is 7.08. The molecule has 2 atom stereocenters. The third kappa shape index (κ3) is 3.08. The number of aromatic nitrogens is 3. The zero-order valence-corrected chi connectivity index (χ0v) is 18.4. The van der Waals surface area contributed by atoms with E-state index in [-0.39, 0.29) is 23.5 Å². The Morgan fingerprint density at radius 3 is 2.30 bits per heavy atom. The van der Waals surface area contributed by atoms with Crippen molar-refractivity contribution in [3.63, 3.8) is 0 Å². The summed E-state index contributed by atoms with van der Waals surface area (Å²) in [5, 5.41) is 3.44. The summed E-state index contributed by atoms with van der Waals surface area (Å²) in [5.41, 5.74) is 9.83. The number of benzene rings is 2. The molecule has 6 rings (SSSR count). The van der Waals surface area contributed by atoms with E-state index in [0.29, 0.717) is 24.7 Å². The third-order valence-electron chi connectivity index (χ3n) is 7.08. The lowest BCUT2D eigenvalue weighted by atomic mass is 9.85. The van der Waals surface area contributed by atoms with Gasteiger partial charge in [-0.15, -0.1) is 0 Å². The lowest BCUT2D eigenvalue weighted by Gasteiger charge is -2.39. The van der Waals surface area contributed by atoms with Crippen molar-refractivity contribution in [2.45, 2.75) is 44.3 Å². The van der Waals surface area contributed by atoms with Crippen LogP contribution in [0.1, 0.15) is 43.3 Å². The Bertz CT molecular complexity index is 1390. The molecule has 3 aliphatic rings. The number of nitrogens with one attached hydrogen (secondary N) is 1. The van der Waals surface area contributed by atoms with Crippen LogP contribution in [0.2, 0.25) is 0 Å². The highest BCUT2D eigenvalue weighted by Gasteiger charge is 2.44. The van der Waals surface area contributed by atoms with Crippen LogP contribution in [0.15, 0.2) is 81.5 Å². The first-order valence-electron chi connectivity index (χ1n) is 11.6. The summed E-state index contributed by atoms with van der Waals surface area (Å²) < 4.78 is 6.73. The van der Waals surface area contributed by atoms with Crippen molar-refractivity contribution in [3.8, 4) is 5.69 Å². The molecule has 2 aromatic carbocycles. The molecule has 0 spiro atoms. The first-order valence-corrected chi connectivity index (χ1v) is 11.6. The van der Waals surface area contributed by atoms with Gasteiger partial charge in [-0.1, -0.05) is 55.0 Å². The highest BCUT2D eigenvalue weighted by atomic mass is 16.2. The topological polar surface area (TPSA) is 90.0 Å². The molecular formula is C25H27N6O2+. The molecule has 168 valence electrons. The molecule has 8 heteroatoms. The van der Waals surface area contributed by atoms with Crippen molar-refractivity contribution in [2.75, 3.05) is 6.54 Å². The molecule has 3 N–H and O–H groups in total. The Labute approximate surface area is 190 Å². The van der Waals surface area contributed by atoms with E-state index in [2.05, 4.69) is 17.4 Å². The summed E-state index contributed by atoms with van der Waals surface area (Å²) in [5.74, 6) is 0.591. The lowest BCUT2D eigenvalue weighted by Crippen LogP contribution is -2.54. The van der Waals surface area contributed by atoms with Crippen LogP contribution in [0.5, 0.6) is 0 Å². The van der Waals surface area contributed by atoms with Crippen LogP contribution in [-0.4, -0.2) is 31.0 Å². The predicted molar refractivity (Wildman–Crippen MR) is 125 cm³/mol. The molecule has 1 fully saturated rings. The fourth-order valence-corrected chi connectivity index (χ4v) is 5.56. The summed E-state index contributed by atoms with van der Waals surface area (Å²) in [4.78, 5) is 27.3. The standard InChI is InChI=1S/C25H26N6O2/c26-23-27-22-19-13-7-8-14-20(19)30-24(32)29(18-11-5-2-6-12-18)25(33)31(30)21(22)16-28(23)15-17-9-3-1-4-10-17/h1-6,9-12,20-21H,7-8,13-16H2,(H2,26,27)/p+1/t20-,21+/m1/s1. The Balaban J connectivity index is 1.52. The Morgan fingerprint density at radius 2 is 1.58 bits per heavy atom. The average molecular weight is 444 g/mol. The molecule has 0 amide bonds. The minimum atomic E-state index is -0.305. The molecule has 3 heterocycles. The number of para-hydroxylation sites is 1. The Hall–Kier alpha value is -3.81. The van der Waals surface area contributed by atoms with Gasteiger partial charge in [0.05, 0.1) is 24.8 Å². The molecule has 33 heavy (non-hydrogen) atoms. The van der Waals surface area contributed by atoms with Crippen molar-refractivity contribution < 1.29 is 4.58 Å². The van der Waals surface area contributed by atoms with Gasteiger partial charge in [0.1, 0.15) is 11.7 Å². The molecule has 1 saturated carbocycles. The number of hydrogen-bond acceptors (Lipinski definition) is 4. The highest BCUT2D eigenvalue weighted by Crippen LogP contribution is 2.41. The number of nitrogens with zero attached hydrogens (tertiary/aromatic N) is 4. The first kappa shape index (κ1) is 19.8. The average Bonchev–Trinajstić information content (AvgIpc) is 3.11. The molecule has 8 nitrogen and oxygen atoms in total. The summed E-state index contributed by atoms with van der Waals surface area (Å²) in [6.07, 6.45) is 3.87. The zero-order valence-electron chi connectivity index (χ0n) is 18.4. The van der Waals surface area contributed by atoms with Crippen LogP contribution in [0.3, 0.4) is 0 Å². The molecule has 3 aromatic rings. The summed E-state index contributed by atoms with van der Waals surface area (Å²) in [6, 6.07) is 18.9. The zero-order chi connectivity index (χ0) is 22.5. The predicted octanol–water partition coefficient (Wildman–Crippen LogP) is 1.86. The van der Waals surface area contributed by atoms with Gasteiger partial charge < -0.3 is 0 Å². The molecule has 0 bridgehead atoms. The Morgan fingerprint density at radius 1 is 0.909 bits per heavy atom. The minimum absolute atomic E-state index is 0.115. The van der Waals surface area contributed by atoms with Crippen LogP contribution in [0.4, 0.5) is 0 Å². The fraction of sp³-hybridized carbons (Fsp3) is 0.320. The van der Waals surface area contributed by atoms with Crippen molar-refractivity contribution in [1.82, 2.24) is 19.2 Å². The van der Waals surface area contributed by atoms with E-state index in [1.54, 1.807) is 21.5 Å². The van der Waals surface area contributed by atoms with Gasteiger partial charge in [-0.3, -0.25) is 10.3 Å². The molecule has 1 aromatic heterocycles. The van der Waals surface area contributed by atoms with Crippen molar-refractivity contribution in [3.05, 3.63) is 98.5 Å². The maximum Gasteiger partial charge on any atom is 0.352 e. The number of allylic oxidation sites excluding steroid dienone is 1. The number of nitrogens with two attached hydrogens (primary N) is 1. The van der Waals surface area contributed by atoms with E-state index in [1.807, 2.05) is 41.0 Å². The van der Waals surface area contributed by atoms with E-state index < -0.39 is 0 Å². The molecule has 2 aliphatic heterocycles. The number of rotatable bonds is 3. The van der Waals surface area contributed by atoms with Gasteiger partial charge in [0.15, 0.2) is 0 Å². The normalized spacial score (nSPS) is 21.8. The van der Waals surface area contributed by atoms with Gasteiger partial charge >= 0.3 is 17.3 Å². The highest BCUT2D eigenvalue weighted by molar-refractivity contribution is 5.76. The van der Waals surface area contributed by atoms with Crippen LogP contribution in [-0.2, 0) is 6.54 Å². The largest absolute Gasteiger partial charge is 0.352 e. The van der Waals surface area contributed by atoms with Crippen molar-refractivity contribution >= 4 is 5.96 Å². The molecular weight excluding hydrogens is 416 g/mol. The lowest BCUT2D eigenvalue weighted by molar-refractivity contribution is -0.554. The number of guanidine groups is 1. The molecule has 1 aliphatic carbocycles. The smallest absolute Gasteiger partial charge is 0.290 e. The van der Waals surface area contributed by atoms with E-state index >= 15 is 0 Å². The van der Waals surface area contributed by atoms with Crippen molar-refractivity contribution in [2.24, 2.45) is 5.73 Å². The van der Waals surface area contributed by atoms with Gasteiger partial charge in [-0.05, 0) is 42.5 Å². The quantitative estimate of drug-likeness (QED) is 0.605. The SMILES string of the molecule is NC1=[N+](Cc2ccccc2)C[C@H]2C(=C3CCCC[C@H]3n3c(=O)n(-c4ccccc4)c(=O)n32)N1. The van der Waals surface area contributed by atoms with Gasteiger partial charge in [-0.2, -0.15) is 0 Å². The number of hydrogen-bond donors (Lipinski definition) is 2. The minimum Gasteiger partial charge on any atom is -0.290 e. The second-order valence-electron chi connectivity index (χ2n) is 9.02. The Kier molecular flexibility index (Phi) is 4.60. The summed E-state index contributed by atoms with van der Waals surface area (Å²) in [6.45, 7) is 1.15. The van der Waals surface area contributed by atoms with E-state index in [0.717, 1.165) is 36.9 Å². The van der Waals surface area contributed by atoms with E-state index in [4.69, 9.17) is 5.73 Å². The second-order valence-corrected chi connectivity index (χ2v) is 9.02. The van der Waals surface area contributed by atoms with Gasteiger partial charge in [0, 0.05) is 0 Å². The van der Waals surface area contributed by atoms with Crippen LogP contribution < -0.4 is 22.4 Å². The van der Waals surface area contributed by atoms with E-state index in [9.17, 15) is 9.59 Å². The van der Waals surface area contributed by atoms with Crippen LogP contribution >= 0.6 is 0 Å². The maximum absolute atomic E-state index is 13.7. The first-order chi connectivity index (χ1) is 16.1. The monoisotopic (exact) mass is 443 g/mol. The summed E-state index contributed by atoms with van der Waals surface area (Å²) >= 11 is 0. The number of fused-ring (bicyclic) bond motifs is 5. The van der Waals surface area contributed by atoms with Gasteiger partial charge in [0.25, 0.3) is 0 Å². The van der Waals surface area contributed by atoms with Gasteiger partial charge in [0.2, 0.25) is 0 Å². The second kappa shape index (κ2) is 7.65. The fourth-order valence-electron chi connectivity index (χ4n) is 5.56. The van der Waals surface area contributed by atoms with Gasteiger partial charge in [-0.25, -0.2) is 28.8 Å².